The molecule has 2 N–H and O–H groups in total. The van der Waals surface area contributed by atoms with Crippen LogP contribution < -0.4 is 14.9 Å². The largest absolute Gasteiger partial charge is 0.369 e. The lowest BCUT2D eigenvalue weighted by atomic mass is 10.1. The van der Waals surface area contributed by atoms with E-state index in [4.69, 9.17) is 5.14 Å². The fourth-order valence-electron chi connectivity index (χ4n) is 3.55. The van der Waals surface area contributed by atoms with E-state index in [1.165, 1.54) is 16.9 Å². The van der Waals surface area contributed by atoms with E-state index in [1.54, 1.807) is 35.9 Å². The molecule has 1 saturated heterocycles. The molecule has 148 valence electrons. The molecule has 0 unspecified atom stereocenters. The molecule has 0 atom stereocenters. The average Bonchev–Trinajstić information content (AvgIpc) is 2.95. The van der Waals surface area contributed by atoms with Gasteiger partial charge in [-0.1, -0.05) is 17.4 Å². The van der Waals surface area contributed by atoms with Crippen molar-refractivity contribution in [1.29, 1.82) is 0 Å². The Balaban J connectivity index is 1.39. The number of primary sulfonamides is 1. The maximum Gasteiger partial charge on any atom is 0.307 e. The summed E-state index contributed by atoms with van der Waals surface area (Å²) in [6.45, 7) is 4.43. The number of nitrogens with zero attached hydrogens (tertiary/aromatic N) is 3. The third-order valence-corrected chi connectivity index (χ3v) is 7.09. The Labute approximate surface area is 167 Å². The summed E-state index contributed by atoms with van der Waals surface area (Å²) in [5, 5.41) is 5.16. The summed E-state index contributed by atoms with van der Waals surface area (Å²) in [6, 6.07) is 12.9. The molecule has 0 saturated carbocycles. The van der Waals surface area contributed by atoms with Gasteiger partial charge in [-0.25, -0.2) is 13.6 Å². The molecule has 0 aliphatic carbocycles. The number of fused-ring (bicyclic) bond motifs is 1. The van der Waals surface area contributed by atoms with Crippen molar-refractivity contribution in [2.24, 2.45) is 12.2 Å². The maximum atomic E-state index is 11.8. The second-order valence-corrected chi connectivity index (χ2v) is 9.59. The van der Waals surface area contributed by atoms with E-state index in [0.29, 0.717) is 0 Å². The van der Waals surface area contributed by atoms with Gasteiger partial charge in [0, 0.05) is 45.5 Å². The molecule has 2 aromatic carbocycles. The van der Waals surface area contributed by atoms with Crippen molar-refractivity contribution < 1.29 is 8.42 Å². The molecule has 1 aliphatic heterocycles. The first-order valence-corrected chi connectivity index (χ1v) is 11.4. The number of hydrogen-bond donors (Lipinski definition) is 1. The highest BCUT2D eigenvalue weighted by Crippen LogP contribution is 2.22. The van der Waals surface area contributed by atoms with Crippen LogP contribution in [-0.4, -0.2) is 44.1 Å². The van der Waals surface area contributed by atoms with Gasteiger partial charge >= 0.3 is 4.87 Å². The molecule has 0 amide bonds. The normalized spacial score (nSPS) is 16.0. The SMILES string of the molecule is Cn1c(=O)sc2cc(CN3CCN(c4ccc(S(N)(=O)=O)cc4)CC3)ccc21. The number of rotatable bonds is 4. The summed E-state index contributed by atoms with van der Waals surface area (Å²) < 4.78 is 25.5. The number of thiazole rings is 1. The minimum atomic E-state index is -3.66. The van der Waals surface area contributed by atoms with Crippen LogP contribution in [0.15, 0.2) is 52.2 Å². The molecule has 7 nitrogen and oxygen atoms in total. The van der Waals surface area contributed by atoms with Crippen molar-refractivity contribution in [2.45, 2.75) is 11.4 Å². The summed E-state index contributed by atoms with van der Waals surface area (Å²) in [5.41, 5.74) is 3.19. The minimum Gasteiger partial charge on any atom is -0.369 e. The summed E-state index contributed by atoms with van der Waals surface area (Å²) in [6.07, 6.45) is 0. The van der Waals surface area contributed by atoms with Crippen LogP contribution in [0, 0.1) is 0 Å². The fraction of sp³-hybridized carbons (Fsp3) is 0.316. The van der Waals surface area contributed by atoms with Crippen LogP contribution in [0.4, 0.5) is 5.69 Å². The molecule has 0 spiro atoms. The van der Waals surface area contributed by atoms with Gasteiger partial charge in [0.1, 0.15) is 0 Å². The first kappa shape index (κ1) is 19.1. The van der Waals surface area contributed by atoms with Crippen LogP contribution in [0.1, 0.15) is 5.56 Å². The van der Waals surface area contributed by atoms with Crippen LogP contribution in [0.5, 0.6) is 0 Å². The van der Waals surface area contributed by atoms with Crippen LogP contribution in [0.25, 0.3) is 10.2 Å². The highest BCUT2D eigenvalue weighted by atomic mass is 32.2. The number of piperazine rings is 1. The Morgan fingerprint density at radius 3 is 2.36 bits per heavy atom. The lowest BCUT2D eigenvalue weighted by Gasteiger charge is -2.36. The molecule has 0 bridgehead atoms. The van der Waals surface area contributed by atoms with Crippen molar-refractivity contribution >= 4 is 37.3 Å². The zero-order chi connectivity index (χ0) is 19.9. The Morgan fingerprint density at radius 1 is 1.04 bits per heavy atom. The van der Waals surface area contributed by atoms with E-state index in [2.05, 4.69) is 21.9 Å². The molecule has 4 rings (SSSR count). The van der Waals surface area contributed by atoms with Crippen molar-refractivity contribution in [3.8, 4) is 0 Å². The van der Waals surface area contributed by atoms with E-state index in [1.807, 2.05) is 6.07 Å². The fourth-order valence-corrected chi connectivity index (χ4v) is 5.00. The number of aromatic nitrogens is 1. The van der Waals surface area contributed by atoms with E-state index >= 15 is 0 Å². The molecular weight excluding hydrogens is 396 g/mol. The Bertz CT molecular complexity index is 1160. The van der Waals surface area contributed by atoms with Gasteiger partial charge in [0.05, 0.1) is 15.1 Å². The van der Waals surface area contributed by atoms with Gasteiger partial charge in [0.25, 0.3) is 0 Å². The van der Waals surface area contributed by atoms with Gasteiger partial charge in [-0.2, -0.15) is 0 Å². The molecule has 3 aromatic rings. The van der Waals surface area contributed by atoms with E-state index < -0.39 is 10.0 Å². The highest BCUT2D eigenvalue weighted by molar-refractivity contribution is 7.89. The number of aryl methyl sites for hydroxylation is 1. The number of nitrogens with two attached hydrogens (primary N) is 1. The molecular formula is C19H22N4O3S2. The molecule has 1 fully saturated rings. The molecule has 28 heavy (non-hydrogen) atoms. The maximum absolute atomic E-state index is 11.8. The van der Waals surface area contributed by atoms with Crippen molar-refractivity contribution in [3.05, 3.63) is 57.7 Å². The number of benzene rings is 2. The van der Waals surface area contributed by atoms with Gasteiger partial charge in [0.2, 0.25) is 10.0 Å². The summed E-state index contributed by atoms with van der Waals surface area (Å²) in [7, 11) is -1.86. The predicted octanol–water partition coefficient (Wildman–Crippen LogP) is 1.57. The minimum absolute atomic E-state index is 0.0641. The third kappa shape index (κ3) is 3.83. The lowest BCUT2D eigenvalue weighted by Crippen LogP contribution is -2.45. The van der Waals surface area contributed by atoms with Crippen LogP contribution >= 0.6 is 11.3 Å². The third-order valence-electron chi connectivity index (χ3n) is 5.17. The molecule has 9 heteroatoms. The quantitative estimate of drug-likeness (QED) is 0.695. The average molecular weight is 419 g/mol. The monoisotopic (exact) mass is 418 g/mol. The van der Waals surface area contributed by atoms with Crippen LogP contribution in [0.3, 0.4) is 0 Å². The Kier molecular flexibility index (Phi) is 5.00. The molecule has 1 aliphatic rings. The smallest absolute Gasteiger partial charge is 0.307 e. The second kappa shape index (κ2) is 7.32. The van der Waals surface area contributed by atoms with Gasteiger partial charge in [0.15, 0.2) is 0 Å². The number of sulfonamides is 1. The molecule has 1 aromatic heterocycles. The zero-order valence-electron chi connectivity index (χ0n) is 15.5. The summed E-state index contributed by atoms with van der Waals surface area (Å²) >= 11 is 1.28. The van der Waals surface area contributed by atoms with Gasteiger partial charge < -0.3 is 9.47 Å². The van der Waals surface area contributed by atoms with Crippen molar-refractivity contribution in [3.63, 3.8) is 0 Å². The lowest BCUT2D eigenvalue weighted by molar-refractivity contribution is 0.250. The standard InChI is InChI=1S/C19H22N4O3S2/c1-21-17-7-2-14(12-18(17)27-19(21)24)13-22-8-10-23(11-9-22)15-3-5-16(6-4-15)28(20,25)26/h2-7,12H,8-11,13H2,1H3,(H2,20,25,26). The zero-order valence-corrected chi connectivity index (χ0v) is 17.2. The van der Waals surface area contributed by atoms with Crippen molar-refractivity contribution in [2.75, 3.05) is 31.1 Å². The van der Waals surface area contributed by atoms with E-state index in [9.17, 15) is 13.2 Å². The van der Waals surface area contributed by atoms with Crippen LogP contribution in [0.2, 0.25) is 0 Å². The van der Waals surface area contributed by atoms with E-state index in [-0.39, 0.29) is 9.77 Å². The van der Waals surface area contributed by atoms with Gasteiger partial charge in [-0.05, 0) is 42.0 Å². The van der Waals surface area contributed by atoms with Gasteiger partial charge in [-0.3, -0.25) is 9.69 Å². The molecule has 2 heterocycles. The second-order valence-electron chi connectivity index (χ2n) is 7.03. The first-order valence-electron chi connectivity index (χ1n) is 9.00. The Hall–Kier alpha value is -2.20. The number of anilines is 1. The van der Waals surface area contributed by atoms with Crippen LogP contribution in [-0.2, 0) is 23.6 Å². The Morgan fingerprint density at radius 2 is 1.71 bits per heavy atom. The molecule has 0 radical (unpaired) electrons. The van der Waals surface area contributed by atoms with Gasteiger partial charge in [-0.15, -0.1) is 0 Å². The van der Waals surface area contributed by atoms with Crippen molar-refractivity contribution in [1.82, 2.24) is 9.47 Å². The van der Waals surface area contributed by atoms with E-state index in [0.717, 1.165) is 48.6 Å². The first-order chi connectivity index (χ1) is 13.3. The predicted molar refractivity (Wildman–Crippen MR) is 112 cm³/mol. The summed E-state index contributed by atoms with van der Waals surface area (Å²) in [4.78, 5) is 16.6. The number of hydrogen-bond acceptors (Lipinski definition) is 6. The highest BCUT2D eigenvalue weighted by Gasteiger charge is 2.18. The summed E-state index contributed by atoms with van der Waals surface area (Å²) in [5.74, 6) is 0. The topological polar surface area (TPSA) is 88.6 Å².